The predicted octanol–water partition coefficient (Wildman–Crippen LogP) is 2.76. The number of hydrogen-bond acceptors (Lipinski definition) is 2. The number of carboxylic acid groups (broad SMARTS) is 2. The maximum Gasteiger partial charge on any atom is 1.00 e. The largest absolute Gasteiger partial charge is 1.00 e. The molecule has 0 amide bonds. The molecule has 0 fully saturated rings. The molecule has 0 atom stereocenters. The van der Waals surface area contributed by atoms with Crippen LogP contribution < -0.4 is 18.9 Å². The van der Waals surface area contributed by atoms with Crippen LogP contribution in [-0.4, -0.2) is 22.2 Å². The van der Waals surface area contributed by atoms with Gasteiger partial charge in [-0.3, -0.25) is 9.59 Å². The van der Waals surface area contributed by atoms with Crippen molar-refractivity contribution in [1.29, 1.82) is 0 Å². The third kappa shape index (κ3) is 10.4. The van der Waals surface area contributed by atoms with E-state index in [1.165, 1.54) is 44.9 Å². The molecule has 0 saturated carbocycles. The van der Waals surface area contributed by atoms with E-state index in [1.54, 1.807) is 0 Å². The third-order valence-electron chi connectivity index (χ3n) is 4.73. The van der Waals surface area contributed by atoms with Gasteiger partial charge in [0.2, 0.25) is 0 Å². The Hall–Kier alpha value is -0.463. The van der Waals surface area contributed by atoms with Crippen LogP contribution in [0.2, 0.25) is 0 Å². The summed E-state index contributed by atoms with van der Waals surface area (Å²) in [6, 6.07) is 0. The van der Waals surface area contributed by atoms with E-state index < -0.39 is 17.4 Å². The van der Waals surface area contributed by atoms with E-state index in [4.69, 9.17) is 0 Å². The van der Waals surface area contributed by atoms with Crippen molar-refractivity contribution in [2.75, 3.05) is 0 Å². The van der Waals surface area contributed by atoms with Crippen molar-refractivity contribution in [2.24, 2.45) is 5.41 Å². The molecule has 0 spiro atoms. The molecule has 0 radical (unpaired) electrons. The normalized spacial score (nSPS) is 11.1. The molecule has 138 valence electrons. The summed E-state index contributed by atoms with van der Waals surface area (Å²) in [6.45, 7) is 4.17. The van der Waals surface area contributed by atoms with Crippen molar-refractivity contribution in [2.45, 2.75) is 104 Å². The van der Waals surface area contributed by atoms with Crippen LogP contribution in [0.25, 0.3) is 0 Å². The topological polar surface area (TPSA) is 74.6 Å². The van der Waals surface area contributed by atoms with Gasteiger partial charge >= 0.3 is 30.8 Å². The molecule has 0 saturated heterocycles. The first-order valence-electron chi connectivity index (χ1n) is 9.48. The van der Waals surface area contributed by atoms with Crippen LogP contribution in [0.5, 0.6) is 0 Å². The molecule has 0 heterocycles. The van der Waals surface area contributed by atoms with Gasteiger partial charge in [0.1, 0.15) is 0 Å². The zero-order chi connectivity index (χ0) is 17.6. The molecule has 0 aliphatic rings. The molecule has 0 aliphatic heterocycles. The standard InChI is InChI=1S/C19H36O4.Li.H/c1-3-5-7-8-9-10-11-12-13-14-16-19(17(20)21,18(22)23)15-6-4-2;;/h3-16H2,1-2H3,(H,20,21)(H,22,23);;/q;+1;-1. The predicted molar refractivity (Wildman–Crippen MR) is 94.8 cm³/mol. The van der Waals surface area contributed by atoms with Crippen molar-refractivity contribution < 1.29 is 40.1 Å². The summed E-state index contributed by atoms with van der Waals surface area (Å²) in [5.41, 5.74) is -1.57. The summed E-state index contributed by atoms with van der Waals surface area (Å²) in [5, 5.41) is 18.8. The van der Waals surface area contributed by atoms with Gasteiger partial charge in [0, 0.05) is 0 Å². The second kappa shape index (κ2) is 16.0. The smallest absolute Gasteiger partial charge is 1.00 e. The Morgan fingerprint density at radius 2 is 1.00 bits per heavy atom. The first-order chi connectivity index (χ1) is 11.0. The molecule has 0 aromatic heterocycles. The summed E-state index contributed by atoms with van der Waals surface area (Å²) >= 11 is 0. The average molecular weight is 336 g/mol. The molecule has 24 heavy (non-hydrogen) atoms. The van der Waals surface area contributed by atoms with Crippen LogP contribution in [0.15, 0.2) is 0 Å². The van der Waals surface area contributed by atoms with Crippen LogP contribution in [0.1, 0.15) is 105 Å². The van der Waals surface area contributed by atoms with Gasteiger partial charge in [0.25, 0.3) is 0 Å². The van der Waals surface area contributed by atoms with E-state index in [0.717, 1.165) is 19.3 Å². The Morgan fingerprint density at radius 1 is 0.667 bits per heavy atom. The number of hydrogen-bond donors (Lipinski definition) is 2. The molecule has 0 rings (SSSR count). The molecular weight excluding hydrogens is 299 g/mol. The molecule has 2 N–H and O–H groups in total. The fraction of sp³-hybridized carbons (Fsp3) is 0.895. The summed E-state index contributed by atoms with van der Waals surface area (Å²) in [6.07, 6.45) is 13.6. The van der Waals surface area contributed by atoms with Gasteiger partial charge < -0.3 is 11.6 Å². The van der Waals surface area contributed by atoms with E-state index in [-0.39, 0.29) is 33.1 Å². The Morgan fingerprint density at radius 3 is 1.38 bits per heavy atom. The summed E-state index contributed by atoms with van der Waals surface area (Å²) in [5.74, 6) is -2.34. The maximum absolute atomic E-state index is 11.5. The molecule has 0 aliphatic carbocycles. The quantitative estimate of drug-likeness (QED) is 0.258. The Labute approximate surface area is 161 Å². The van der Waals surface area contributed by atoms with E-state index in [1.807, 2.05) is 6.92 Å². The second-order valence-corrected chi connectivity index (χ2v) is 6.73. The first kappa shape index (κ1) is 25.8. The van der Waals surface area contributed by atoms with Crippen LogP contribution in [0, 0.1) is 5.41 Å². The van der Waals surface area contributed by atoms with E-state index in [9.17, 15) is 19.8 Å². The summed E-state index contributed by atoms with van der Waals surface area (Å²) in [7, 11) is 0. The van der Waals surface area contributed by atoms with Gasteiger partial charge in [-0.2, -0.15) is 0 Å². The van der Waals surface area contributed by atoms with Crippen molar-refractivity contribution in [3.63, 3.8) is 0 Å². The first-order valence-corrected chi connectivity index (χ1v) is 9.48. The van der Waals surface area contributed by atoms with Crippen LogP contribution in [0.3, 0.4) is 0 Å². The minimum absolute atomic E-state index is 0. The number of rotatable bonds is 16. The Kier molecular flexibility index (Phi) is 17.2. The number of carboxylic acids is 2. The maximum atomic E-state index is 11.5. The van der Waals surface area contributed by atoms with Crippen LogP contribution in [-0.2, 0) is 9.59 Å². The fourth-order valence-electron chi connectivity index (χ4n) is 3.04. The van der Waals surface area contributed by atoms with Crippen molar-refractivity contribution in [3.8, 4) is 0 Å². The van der Waals surface area contributed by atoms with Gasteiger partial charge in [-0.25, -0.2) is 0 Å². The van der Waals surface area contributed by atoms with Gasteiger partial charge in [-0.1, -0.05) is 90.9 Å². The van der Waals surface area contributed by atoms with Gasteiger partial charge in [-0.15, -0.1) is 0 Å². The van der Waals surface area contributed by atoms with Crippen molar-refractivity contribution in [1.82, 2.24) is 0 Å². The van der Waals surface area contributed by atoms with E-state index in [0.29, 0.717) is 12.8 Å². The molecule has 0 bridgehead atoms. The Bertz CT molecular complexity index is 323. The Balaban J connectivity index is -0.00000242. The molecule has 0 aromatic carbocycles. The monoisotopic (exact) mass is 336 g/mol. The fourth-order valence-corrected chi connectivity index (χ4v) is 3.04. The third-order valence-corrected chi connectivity index (χ3v) is 4.73. The second-order valence-electron chi connectivity index (χ2n) is 6.73. The van der Waals surface area contributed by atoms with Crippen molar-refractivity contribution >= 4 is 11.9 Å². The number of unbranched alkanes of at least 4 members (excludes halogenated alkanes) is 10. The zero-order valence-corrected chi connectivity index (χ0v) is 16.1. The molecule has 4 nitrogen and oxygen atoms in total. The summed E-state index contributed by atoms with van der Waals surface area (Å²) in [4.78, 5) is 23.0. The minimum Gasteiger partial charge on any atom is -1.00 e. The number of carbonyl (C=O) groups is 2. The zero-order valence-electron chi connectivity index (χ0n) is 17.1. The van der Waals surface area contributed by atoms with Crippen LogP contribution in [0.4, 0.5) is 0 Å². The van der Waals surface area contributed by atoms with E-state index in [2.05, 4.69) is 6.92 Å². The summed E-state index contributed by atoms with van der Waals surface area (Å²) < 4.78 is 0. The average Bonchev–Trinajstić information content (AvgIpc) is 2.51. The van der Waals surface area contributed by atoms with Gasteiger partial charge in [-0.05, 0) is 12.8 Å². The molecule has 0 aromatic rings. The van der Waals surface area contributed by atoms with Gasteiger partial charge in [0.05, 0.1) is 0 Å². The van der Waals surface area contributed by atoms with E-state index >= 15 is 0 Å². The molecule has 5 heteroatoms. The number of aliphatic carboxylic acids is 2. The molecule has 0 unspecified atom stereocenters. The molecular formula is C19H37LiO4. The SMILES string of the molecule is CCCCCCCCCCCCC(CCCC)(C(=O)O)C(=O)O.[H-].[Li+]. The van der Waals surface area contributed by atoms with Crippen molar-refractivity contribution in [3.05, 3.63) is 0 Å². The van der Waals surface area contributed by atoms with Gasteiger partial charge in [0.15, 0.2) is 5.41 Å². The minimum atomic E-state index is -1.57. The van der Waals surface area contributed by atoms with Crippen LogP contribution >= 0.6 is 0 Å².